The van der Waals surface area contributed by atoms with Crippen molar-refractivity contribution in [1.29, 1.82) is 0 Å². The van der Waals surface area contributed by atoms with Crippen molar-refractivity contribution in [3.63, 3.8) is 0 Å². The van der Waals surface area contributed by atoms with E-state index >= 15 is 0 Å². The molecule has 1 N–H and O–H groups in total. The van der Waals surface area contributed by atoms with Gasteiger partial charge in [-0.05, 0) is 24.1 Å². The van der Waals surface area contributed by atoms with Crippen LogP contribution in [0.1, 0.15) is 30.7 Å². The number of aryl methyl sites for hydroxylation is 1. The third-order valence-electron chi connectivity index (χ3n) is 1.97. The zero-order valence-corrected chi connectivity index (χ0v) is 8.02. The first-order valence-electron chi connectivity index (χ1n) is 4.52. The van der Waals surface area contributed by atoms with Crippen molar-refractivity contribution < 1.29 is 0 Å². The number of aromatic nitrogens is 1. The van der Waals surface area contributed by atoms with Gasteiger partial charge in [0, 0.05) is 19.3 Å². The monoisotopic (exact) mass is 164 g/mol. The summed E-state index contributed by atoms with van der Waals surface area (Å²) in [5.41, 5.74) is 3.97. The Kier molecular flexibility index (Phi) is 3.23. The van der Waals surface area contributed by atoms with E-state index in [2.05, 4.69) is 23.3 Å². The molecular weight excluding hydrogens is 148 g/mol. The van der Waals surface area contributed by atoms with E-state index in [0.717, 1.165) is 13.1 Å². The van der Waals surface area contributed by atoms with Crippen molar-refractivity contribution >= 4 is 0 Å². The average molecular weight is 164 g/mol. The molecule has 0 aromatic carbocycles. The number of hydrogen-bond acceptors (Lipinski definition) is 2. The van der Waals surface area contributed by atoms with E-state index in [9.17, 15) is 0 Å². The lowest BCUT2D eigenvalue weighted by Gasteiger charge is -1.98. The lowest BCUT2D eigenvalue weighted by atomic mass is 10.1. The van der Waals surface area contributed by atoms with Crippen molar-refractivity contribution in [1.82, 2.24) is 10.3 Å². The summed E-state index contributed by atoms with van der Waals surface area (Å²) in [5.74, 6) is 0. The highest BCUT2D eigenvalue weighted by Gasteiger charge is 2.11. The average Bonchev–Trinajstić information content (AvgIpc) is 2.57. The van der Waals surface area contributed by atoms with Gasteiger partial charge in [0.2, 0.25) is 0 Å². The summed E-state index contributed by atoms with van der Waals surface area (Å²) in [4.78, 5) is 4.26. The van der Waals surface area contributed by atoms with E-state index in [4.69, 9.17) is 0 Å². The predicted octanol–water partition coefficient (Wildman–Crippen LogP) is 2.02. The third kappa shape index (κ3) is 1.64. The highest BCUT2D eigenvalue weighted by atomic mass is 14.9. The normalized spacial score (nSPS) is 13.2. The highest BCUT2D eigenvalue weighted by molar-refractivity contribution is 5.31. The Morgan fingerprint density at radius 2 is 2.08 bits per heavy atom. The van der Waals surface area contributed by atoms with E-state index in [1.807, 2.05) is 20.0 Å². The van der Waals surface area contributed by atoms with Gasteiger partial charge in [-0.2, -0.15) is 0 Å². The van der Waals surface area contributed by atoms with Gasteiger partial charge in [0.05, 0.1) is 5.69 Å². The molecule has 2 heteroatoms. The van der Waals surface area contributed by atoms with Crippen LogP contribution in [-0.4, -0.2) is 4.98 Å². The van der Waals surface area contributed by atoms with Gasteiger partial charge in [-0.3, -0.25) is 4.98 Å². The molecule has 1 aliphatic rings. The number of fused-ring (bicyclic) bond motifs is 1. The van der Waals surface area contributed by atoms with Crippen molar-refractivity contribution in [2.24, 2.45) is 0 Å². The fourth-order valence-electron chi connectivity index (χ4n) is 1.34. The highest BCUT2D eigenvalue weighted by Crippen LogP contribution is 2.15. The molecule has 12 heavy (non-hydrogen) atoms. The molecule has 0 saturated heterocycles. The standard InChI is InChI=1S/C8H10N2.C2H6/c1-6-2-3-10-8-5-9-4-7(6)8;1-2/h2-3,9H,4-5H2,1H3;1-2H3. The Bertz CT molecular complexity index is 256. The van der Waals surface area contributed by atoms with Gasteiger partial charge in [-0.15, -0.1) is 0 Å². The minimum absolute atomic E-state index is 0.941. The number of rotatable bonds is 0. The molecule has 66 valence electrons. The Morgan fingerprint density at radius 3 is 2.75 bits per heavy atom. The van der Waals surface area contributed by atoms with Crippen LogP contribution in [0.4, 0.5) is 0 Å². The zero-order valence-electron chi connectivity index (χ0n) is 8.02. The number of nitrogens with one attached hydrogen (secondary N) is 1. The molecule has 0 saturated carbocycles. The summed E-state index contributed by atoms with van der Waals surface area (Å²) < 4.78 is 0. The second-order valence-electron chi connectivity index (χ2n) is 2.66. The van der Waals surface area contributed by atoms with Crippen molar-refractivity contribution in [3.8, 4) is 0 Å². The smallest absolute Gasteiger partial charge is 0.0589 e. The lowest BCUT2D eigenvalue weighted by molar-refractivity contribution is 0.757. The fourth-order valence-corrected chi connectivity index (χ4v) is 1.34. The first-order valence-corrected chi connectivity index (χ1v) is 4.52. The molecule has 0 amide bonds. The first kappa shape index (κ1) is 9.20. The van der Waals surface area contributed by atoms with Crippen molar-refractivity contribution in [2.45, 2.75) is 33.9 Å². The molecule has 0 unspecified atom stereocenters. The summed E-state index contributed by atoms with van der Waals surface area (Å²) in [6.07, 6.45) is 1.88. The minimum Gasteiger partial charge on any atom is -0.307 e. The van der Waals surface area contributed by atoms with Crippen molar-refractivity contribution in [3.05, 3.63) is 29.1 Å². The Labute approximate surface area is 74.0 Å². The molecule has 1 aromatic rings. The lowest BCUT2D eigenvalue weighted by Crippen LogP contribution is -2.00. The summed E-state index contributed by atoms with van der Waals surface area (Å²) in [7, 11) is 0. The van der Waals surface area contributed by atoms with E-state index in [-0.39, 0.29) is 0 Å². The topological polar surface area (TPSA) is 24.9 Å². The van der Waals surface area contributed by atoms with Crippen LogP contribution in [0.3, 0.4) is 0 Å². The third-order valence-corrected chi connectivity index (χ3v) is 1.97. The van der Waals surface area contributed by atoms with Crippen LogP contribution < -0.4 is 5.32 Å². The van der Waals surface area contributed by atoms with Gasteiger partial charge in [0.1, 0.15) is 0 Å². The molecule has 0 radical (unpaired) electrons. The number of pyridine rings is 1. The molecule has 0 atom stereocenters. The molecule has 0 aliphatic carbocycles. The van der Waals surface area contributed by atoms with Crippen LogP contribution in [0.15, 0.2) is 12.3 Å². The molecule has 1 aliphatic heterocycles. The summed E-state index contributed by atoms with van der Waals surface area (Å²) >= 11 is 0. The summed E-state index contributed by atoms with van der Waals surface area (Å²) in [5, 5.41) is 3.27. The van der Waals surface area contributed by atoms with Crippen molar-refractivity contribution in [2.75, 3.05) is 0 Å². The molecule has 2 rings (SSSR count). The van der Waals surface area contributed by atoms with Crippen LogP contribution >= 0.6 is 0 Å². The Balaban J connectivity index is 0.000000336. The van der Waals surface area contributed by atoms with Crippen LogP contribution in [0.2, 0.25) is 0 Å². The maximum Gasteiger partial charge on any atom is 0.0589 e. The number of hydrogen-bond donors (Lipinski definition) is 1. The molecule has 1 aromatic heterocycles. The second kappa shape index (κ2) is 4.21. The van der Waals surface area contributed by atoms with E-state index < -0.39 is 0 Å². The van der Waals surface area contributed by atoms with E-state index in [1.165, 1.54) is 16.8 Å². The summed E-state index contributed by atoms with van der Waals surface area (Å²) in [6.45, 7) is 8.07. The molecule has 2 heterocycles. The summed E-state index contributed by atoms with van der Waals surface area (Å²) in [6, 6.07) is 2.06. The zero-order chi connectivity index (χ0) is 8.97. The molecule has 0 fully saturated rings. The quantitative estimate of drug-likeness (QED) is 0.634. The van der Waals surface area contributed by atoms with Gasteiger partial charge in [0.15, 0.2) is 0 Å². The maximum absolute atomic E-state index is 4.26. The molecule has 0 bridgehead atoms. The predicted molar refractivity (Wildman–Crippen MR) is 50.9 cm³/mol. The SMILES string of the molecule is CC.Cc1ccnc2c1CNC2. The van der Waals surface area contributed by atoms with Gasteiger partial charge < -0.3 is 5.32 Å². The van der Waals surface area contributed by atoms with Crippen LogP contribution in [-0.2, 0) is 13.1 Å². The van der Waals surface area contributed by atoms with Crippen LogP contribution in [0, 0.1) is 6.92 Å². The Morgan fingerprint density at radius 1 is 1.33 bits per heavy atom. The second-order valence-corrected chi connectivity index (χ2v) is 2.66. The Hall–Kier alpha value is -0.890. The van der Waals surface area contributed by atoms with Crippen LogP contribution in [0.5, 0.6) is 0 Å². The van der Waals surface area contributed by atoms with Gasteiger partial charge in [-0.25, -0.2) is 0 Å². The van der Waals surface area contributed by atoms with E-state index in [0.29, 0.717) is 0 Å². The molecule has 2 nitrogen and oxygen atoms in total. The van der Waals surface area contributed by atoms with Crippen LogP contribution in [0.25, 0.3) is 0 Å². The fraction of sp³-hybridized carbons (Fsp3) is 0.500. The van der Waals surface area contributed by atoms with Gasteiger partial charge >= 0.3 is 0 Å². The largest absolute Gasteiger partial charge is 0.307 e. The minimum atomic E-state index is 0.941. The maximum atomic E-state index is 4.26. The molecular formula is C10H16N2. The molecule has 0 spiro atoms. The van der Waals surface area contributed by atoms with E-state index in [1.54, 1.807) is 0 Å². The number of nitrogens with zero attached hydrogens (tertiary/aromatic N) is 1. The van der Waals surface area contributed by atoms with Gasteiger partial charge in [0.25, 0.3) is 0 Å². The first-order chi connectivity index (χ1) is 5.88. The van der Waals surface area contributed by atoms with Gasteiger partial charge in [-0.1, -0.05) is 13.8 Å².